The fourth-order valence-electron chi connectivity index (χ4n) is 3.51. The highest BCUT2D eigenvalue weighted by Crippen LogP contribution is 2.23. The number of likely N-dealkylation sites (tertiary alicyclic amines) is 1. The van der Waals surface area contributed by atoms with Crippen LogP contribution in [0, 0.1) is 12.8 Å². The third kappa shape index (κ3) is 3.03. The SMILES string of the molecule is Cc1c(C(=O)N2CCC(C(=O)O)CC2)nnn1-c1cccc2ncccc12. The van der Waals surface area contributed by atoms with Gasteiger partial charge in [-0.15, -0.1) is 5.10 Å². The van der Waals surface area contributed by atoms with Gasteiger partial charge in [-0.3, -0.25) is 14.6 Å². The van der Waals surface area contributed by atoms with Crippen molar-refractivity contribution >= 4 is 22.8 Å². The van der Waals surface area contributed by atoms with Crippen molar-refractivity contribution in [3.8, 4) is 5.69 Å². The van der Waals surface area contributed by atoms with Crippen LogP contribution in [-0.2, 0) is 4.79 Å². The number of aromatic nitrogens is 4. The van der Waals surface area contributed by atoms with Crippen molar-refractivity contribution in [3.05, 3.63) is 47.9 Å². The standard InChI is InChI=1S/C19H19N5O3/c1-12-17(18(25)23-10-7-13(8-11-23)19(26)27)21-22-24(12)16-6-2-5-15-14(16)4-3-9-20-15/h2-6,9,13H,7-8,10-11H2,1H3,(H,26,27). The molecule has 1 aromatic carbocycles. The molecular weight excluding hydrogens is 346 g/mol. The molecule has 0 atom stereocenters. The predicted octanol–water partition coefficient (Wildman–Crippen LogP) is 2.06. The van der Waals surface area contributed by atoms with Gasteiger partial charge >= 0.3 is 5.97 Å². The van der Waals surface area contributed by atoms with E-state index < -0.39 is 5.97 Å². The van der Waals surface area contributed by atoms with Gasteiger partial charge in [-0.25, -0.2) is 4.68 Å². The Labute approximate surface area is 155 Å². The maximum atomic E-state index is 12.9. The molecule has 3 aromatic rings. The average Bonchev–Trinajstić information content (AvgIpc) is 3.08. The van der Waals surface area contributed by atoms with Gasteiger partial charge in [0.2, 0.25) is 0 Å². The first-order valence-electron chi connectivity index (χ1n) is 8.85. The first kappa shape index (κ1) is 17.1. The number of nitrogens with zero attached hydrogens (tertiary/aromatic N) is 5. The van der Waals surface area contributed by atoms with Crippen molar-refractivity contribution in [2.45, 2.75) is 19.8 Å². The normalized spacial score (nSPS) is 15.2. The average molecular weight is 365 g/mol. The lowest BCUT2D eigenvalue weighted by Gasteiger charge is -2.29. The number of hydrogen-bond donors (Lipinski definition) is 1. The van der Waals surface area contributed by atoms with Crippen LogP contribution in [0.1, 0.15) is 29.0 Å². The minimum atomic E-state index is -0.797. The zero-order chi connectivity index (χ0) is 19.0. The summed E-state index contributed by atoms with van der Waals surface area (Å²) in [6, 6.07) is 9.54. The Morgan fingerprint density at radius 3 is 2.67 bits per heavy atom. The van der Waals surface area contributed by atoms with Crippen molar-refractivity contribution in [3.63, 3.8) is 0 Å². The number of amides is 1. The van der Waals surface area contributed by atoms with Gasteiger partial charge in [-0.2, -0.15) is 0 Å². The first-order chi connectivity index (χ1) is 13.1. The van der Waals surface area contributed by atoms with E-state index >= 15 is 0 Å². The maximum absolute atomic E-state index is 12.9. The number of piperidine rings is 1. The minimum absolute atomic E-state index is 0.207. The summed E-state index contributed by atoms with van der Waals surface area (Å²) in [7, 11) is 0. The quantitative estimate of drug-likeness (QED) is 0.762. The highest BCUT2D eigenvalue weighted by Gasteiger charge is 2.30. The largest absolute Gasteiger partial charge is 0.481 e. The number of carboxylic acids is 1. The van der Waals surface area contributed by atoms with E-state index in [0.29, 0.717) is 37.3 Å². The van der Waals surface area contributed by atoms with Crippen LogP contribution in [0.2, 0.25) is 0 Å². The zero-order valence-corrected chi connectivity index (χ0v) is 14.9. The molecule has 0 spiro atoms. The molecule has 1 saturated heterocycles. The number of carbonyl (C=O) groups excluding carboxylic acids is 1. The molecular formula is C19H19N5O3. The van der Waals surface area contributed by atoms with E-state index in [0.717, 1.165) is 16.6 Å². The molecule has 0 radical (unpaired) electrons. The van der Waals surface area contributed by atoms with Gasteiger partial charge in [0.1, 0.15) is 0 Å². The summed E-state index contributed by atoms with van der Waals surface area (Å²) in [5.74, 6) is -1.39. The molecule has 1 amide bonds. The summed E-state index contributed by atoms with van der Waals surface area (Å²) >= 11 is 0. The van der Waals surface area contributed by atoms with Gasteiger partial charge in [-0.05, 0) is 44.0 Å². The topological polar surface area (TPSA) is 101 Å². The van der Waals surface area contributed by atoms with Crippen LogP contribution >= 0.6 is 0 Å². The number of hydrogen-bond acceptors (Lipinski definition) is 5. The second-order valence-corrected chi connectivity index (χ2v) is 6.69. The molecule has 0 bridgehead atoms. The van der Waals surface area contributed by atoms with Crippen LogP contribution in [-0.4, -0.2) is 55.0 Å². The lowest BCUT2D eigenvalue weighted by atomic mass is 9.97. The third-order valence-corrected chi connectivity index (χ3v) is 5.08. The number of carboxylic acid groups (broad SMARTS) is 1. The molecule has 1 aliphatic heterocycles. The molecule has 138 valence electrons. The smallest absolute Gasteiger partial charge is 0.306 e. The Morgan fingerprint density at radius 2 is 1.93 bits per heavy atom. The number of pyridine rings is 1. The van der Waals surface area contributed by atoms with Crippen LogP contribution < -0.4 is 0 Å². The van der Waals surface area contributed by atoms with E-state index in [1.807, 2.05) is 37.3 Å². The molecule has 8 nitrogen and oxygen atoms in total. The Bertz CT molecular complexity index is 1020. The number of rotatable bonds is 3. The lowest BCUT2D eigenvalue weighted by molar-refractivity contribution is -0.143. The van der Waals surface area contributed by atoms with Crippen LogP contribution in [0.15, 0.2) is 36.5 Å². The molecule has 4 rings (SSSR count). The molecule has 1 N–H and O–H groups in total. The van der Waals surface area contributed by atoms with Gasteiger partial charge in [-0.1, -0.05) is 11.3 Å². The van der Waals surface area contributed by atoms with E-state index in [-0.39, 0.29) is 11.8 Å². The van der Waals surface area contributed by atoms with E-state index in [1.54, 1.807) is 15.8 Å². The molecule has 8 heteroatoms. The lowest BCUT2D eigenvalue weighted by Crippen LogP contribution is -2.40. The summed E-state index contributed by atoms with van der Waals surface area (Å²) in [4.78, 5) is 30.0. The summed E-state index contributed by atoms with van der Waals surface area (Å²) in [5, 5.41) is 18.3. The van der Waals surface area contributed by atoms with Gasteiger partial charge < -0.3 is 10.0 Å². The maximum Gasteiger partial charge on any atom is 0.306 e. The number of carbonyl (C=O) groups is 2. The van der Waals surface area contributed by atoms with Gasteiger partial charge in [0.25, 0.3) is 5.91 Å². The van der Waals surface area contributed by atoms with Crippen LogP contribution in [0.25, 0.3) is 16.6 Å². The highest BCUT2D eigenvalue weighted by atomic mass is 16.4. The van der Waals surface area contributed by atoms with Crippen molar-refractivity contribution in [2.75, 3.05) is 13.1 Å². The van der Waals surface area contributed by atoms with Crippen LogP contribution in [0.5, 0.6) is 0 Å². The third-order valence-electron chi connectivity index (χ3n) is 5.08. The number of fused-ring (bicyclic) bond motifs is 1. The fraction of sp³-hybridized carbons (Fsp3) is 0.316. The van der Waals surface area contributed by atoms with E-state index in [9.17, 15) is 9.59 Å². The van der Waals surface area contributed by atoms with E-state index in [4.69, 9.17) is 5.11 Å². The second kappa shape index (κ2) is 6.79. The molecule has 0 unspecified atom stereocenters. The van der Waals surface area contributed by atoms with Crippen molar-refractivity contribution < 1.29 is 14.7 Å². The predicted molar refractivity (Wildman–Crippen MR) is 97.7 cm³/mol. The molecule has 27 heavy (non-hydrogen) atoms. The first-order valence-corrected chi connectivity index (χ1v) is 8.85. The summed E-state index contributed by atoms with van der Waals surface area (Å²) < 4.78 is 1.65. The molecule has 2 aromatic heterocycles. The summed E-state index contributed by atoms with van der Waals surface area (Å²) in [6.45, 7) is 2.65. The fourth-order valence-corrected chi connectivity index (χ4v) is 3.51. The van der Waals surface area contributed by atoms with E-state index in [1.165, 1.54) is 0 Å². The van der Waals surface area contributed by atoms with Gasteiger partial charge in [0.05, 0.1) is 22.8 Å². The Morgan fingerprint density at radius 1 is 1.15 bits per heavy atom. The molecule has 0 saturated carbocycles. The Balaban J connectivity index is 1.63. The molecule has 1 aliphatic rings. The molecule has 3 heterocycles. The van der Waals surface area contributed by atoms with Crippen LogP contribution in [0.3, 0.4) is 0 Å². The van der Waals surface area contributed by atoms with Crippen molar-refractivity contribution in [1.82, 2.24) is 24.9 Å². The Hall–Kier alpha value is -3.29. The minimum Gasteiger partial charge on any atom is -0.481 e. The monoisotopic (exact) mass is 365 g/mol. The van der Waals surface area contributed by atoms with Gasteiger partial charge in [0.15, 0.2) is 5.69 Å². The van der Waals surface area contributed by atoms with Crippen LogP contribution in [0.4, 0.5) is 0 Å². The second-order valence-electron chi connectivity index (χ2n) is 6.69. The Kier molecular flexibility index (Phi) is 4.31. The molecule has 0 aliphatic carbocycles. The number of aliphatic carboxylic acids is 1. The van der Waals surface area contributed by atoms with Gasteiger partial charge in [0, 0.05) is 24.7 Å². The summed E-state index contributed by atoms with van der Waals surface area (Å²) in [6.07, 6.45) is 2.66. The van der Waals surface area contributed by atoms with Crippen molar-refractivity contribution in [1.29, 1.82) is 0 Å². The molecule has 1 fully saturated rings. The zero-order valence-electron chi connectivity index (χ0n) is 14.9. The number of benzene rings is 1. The van der Waals surface area contributed by atoms with Crippen molar-refractivity contribution in [2.24, 2.45) is 5.92 Å². The highest BCUT2D eigenvalue weighted by molar-refractivity contribution is 5.94. The van der Waals surface area contributed by atoms with E-state index in [2.05, 4.69) is 15.3 Å². The summed E-state index contributed by atoms with van der Waals surface area (Å²) in [5.41, 5.74) is 2.60.